The van der Waals surface area contributed by atoms with Gasteiger partial charge >= 0.3 is 0 Å². The third-order valence-electron chi connectivity index (χ3n) is 3.94. The van der Waals surface area contributed by atoms with Gasteiger partial charge in [0.2, 0.25) is 5.91 Å². The average molecular weight is 355 g/mol. The van der Waals surface area contributed by atoms with Crippen LogP contribution in [0.4, 0.5) is 0 Å². The molecule has 5 nitrogen and oxygen atoms in total. The number of thiophene rings is 1. The van der Waals surface area contributed by atoms with Gasteiger partial charge in [-0.25, -0.2) is 4.99 Å². The van der Waals surface area contributed by atoms with Gasteiger partial charge in [0, 0.05) is 30.3 Å². The van der Waals surface area contributed by atoms with E-state index in [2.05, 4.69) is 33.3 Å². The van der Waals surface area contributed by atoms with Crippen LogP contribution in [0.25, 0.3) is 0 Å². The number of amides is 1. The molecule has 1 saturated carbocycles. The highest BCUT2D eigenvalue weighted by Crippen LogP contribution is 2.28. The number of hydrogen-bond donors (Lipinski definition) is 2. The first-order valence-corrected chi connectivity index (χ1v) is 10.1. The summed E-state index contributed by atoms with van der Waals surface area (Å²) in [7, 11) is 3.51. The summed E-state index contributed by atoms with van der Waals surface area (Å²) in [6, 6.07) is 4.58. The second kappa shape index (κ2) is 9.17. The summed E-state index contributed by atoms with van der Waals surface area (Å²) in [5, 5.41) is 9.64. The van der Waals surface area contributed by atoms with Gasteiger partial charge in [0.15, 0.2) is 5.96 Å². The lowest BCUT2D eigenvalue weighted by atomic mass is 10.2. The number of nitrogens with zero attached hydrogens (tertiary/aromatic N) is 2. The van der Waals surface area contributed by atoms with Crippen LogP contribution in [0.2, 0.25) is 0 Å². The molecule has 1 heterocycles. The van der Waals surface area contributed by atoms with Crippen molar-refractivity contribution in [3.05, 3.63) is 22.4 Å². The highest BCUT2D eigenvalue weighted by molar-refractivity contribution is 7.99. The van der Waals surface area contributed by atoms with Crippen molar-refractivity contribution in [1.29, 1.82) is 0 Å². The molecule has 1 fully saturated rings. The van der Waals surface area contributed by atoms with E-state index in [0.29, 0.717) is 6.04 Å². The molecule has 0 aromatic carbocycles. The molecule has 2 unspecified atom stereocenters. The van der Waals surface area contributed by atoms with Gasteiger partial charge in [-0.1, -0.05) is 6.07 Å². The van der Waals surface area contributed by atoms with Crippen LogP contribution in [0.3, 0.4) is 0 Å². The predicted octanol–water partition coefficient (Wildman–Crippen LogP) is 2.16. The van der Waals surface area contributed by atoms with Crippen molar-refractivity contribution >= 4 is 35.0 Å². The van der Waals surface area contributed by atoms with Crippen molar-refractivity contribution in [1.82, 2.24) is 15.5 Å². The highest BCUT2D eigenvalue weighted by atomic mass is 32.2. The number of guanidine groups is 1. The quantitative estimate of drug-likeness (QED) is 0.607. The minimum atomic E-state index is 0.00985. The Morgan fingerprint density at radius 3 is 2.91 bits per heavy atom. The van der Waals surface area contributed by atoms with Crippen LogP contribution in [0.15, 0.2) is 22.5 Å². The number of thioether (sulfide) groups is 1. The first kappa shape index (κ1) is 18.1. The maximum absolute atomic E-state index is 11.8. The number of nitrogens with one attached hydrogen (secondary N) is 2. The Labute approximate surface area is 146 Å². The van der Waals surface area contributed by atoms with E-state index in [9.17, 15) is 4.79 Å². The standard InChI is InChI=1S/C16H26N4OS2/c1-20(2)15(21)11-18-16(17-10-14-5-4-8-23-14)19-12-6-7-13(9-12)22-3/h4-5,8,12-13H,6-7,9-11H2,1-3H3,(H2,17,18,19). The third-order valence-corrected chi connectivity index (χ3v) is 5.91. The maximum atomic E-state index is 11.8. The number of carbonyl (C=O) groups excluding carboxylic acids is 1. The van der Waals surface area contributed by atoms with E-state index in [1.165, 1.54) is 11.3 Å². The Bertz CT molecular complexity index is 516. The van der Waals surface area contributed by atoms with Crippen molar-refractivity contribution in [2.24, 2.45) is 4.99 Å². The van der Waals surface area contributed by atoms with Crippen LogP contribution in [-0.2, 0) is 11.3 Å². The summed E-state index contributed by atoms with van der Waals surface area (Å²) in [5.41, 5.74) is 0. The Kier molecular flexibility index (Phi) is 7.23. The van der Waals surface area contributed by atoms with Gasteiger partial charge in [0.25, 0.3) is 0 Å². The van der Waals surface area contributed by atoms with Crippen molar-refractivity contribution in [3.63, 3.8) is 0 Å². The van der Waals surface area contributed by atoms with Gasteiger partial charge in [0.05, 0.1) is 6.54 Å². The Morgan fingerprint density at radius 1 is 1.48 bits per heavy atom. The molecule has 2 N–H and O–H groups in total. The summed E-state index contributed by atoms with van der Waals surface area (Å²) in [4.78, 5) is 19.1. The molecule has 0 saturated heterocycles. The number of rotatable bonds is 6. The molecule has 0 radical (unpaired) electrons. The van der Waals surface area contributed by atoms with Crippen LogP contribution in [0, 0.1) is 0 Å². The van der Waals surface area contributed by atoms with Crippen molar-refractivity contribution in [2.75, 3.05) is 26.9 Å². The van der Waals surface area contributed by atoms with Crippen LogP contribution in [0.1, 0.15) is 24.1 Å². The summed E-state index contributed by atoms with van der Waals surface area (Å²) in [6.07, 6.45) is 5.73. The first-order chi connectivity index (χ1) is 11.1. The number of likely N-dealkylation sites (N-methyl/N-ethyl adjacent to an activating group) is 1. The van der Waals surface area contributed by atoms with Crippen LogP contribution in [-0.4, -0.2) is 55.0 Å². The van der Waals surface area contributed by atoms with Gasteiger partial charge in [-0.2, -0.15) is 11.8 Å². The summed E-state index contributed by atoms with van der Waals surface area (Å²) >= 11 is 3.65. The summed E-state index contributed by atoms with van der Waals surface area (Å²) in [6.45, 7) is 0.907. The maximum Gasteiger partial charge on any atom is 0.243 e. The van der Waals surface area contributed by atoms with E-state index in [1.807, 2.05) is 17.8 Å². The predicted molar refractivity (Wildman–Crippen MR) is 100 cm³/mol. The second-order valence-corrected chi connectivity index (χ2v) is 8.07. The van der Waals surface area contributed by atoms with E-state index in [1.54, 1.807) is 30.3 Å². The fourth-order valence-corrected chi connectivity index (χ4v) is 3.94. The molecule has 2 rings (SSSR count). The molecule has 2 atom stereocenters. The minimum Gasteiger partial charge on any atom is -0.354 e. The second-order valence-electron chi connectivity index (χ2n) is 5.90. The highest BCUT2D eigenvalue weighted by Gasteiger charge is 2.24. The monoisotopic (exact) mass is 354 g/mol. The molecule has 0 aliphatic heterocycles. The topological polar surface area (TPSA) is 56.7 Å². The SMILES string of the molecule is CSC1CCC(NC(=NCC(=O)N(C)C)NCc2cccs2)C1. The van der Waals surface area contributed by atoms with Crippen molar-refractivity contribution in [2.45, 2.75) is 37.1 Å². The molecule has 0 bridgehead atoms. The lowest BCUT2D eigenvalue weighted by Crippen LogP contribution is -2.43. The molecule has 7 heteroatoms. The molecule has 1 aromatic heterocycles. The van der Waals surface area contributed by atoms with Crippen LogP contribution >= 0.6 is 23.1 Å². The van der Waals surface area contributed by atoms with E-state index in [-0.39, 0.29) is 12.5 Å². The van der Waals surface area contributed by atoms with Crippen molar-refractivity contribution < 1.29 is 4.79 Å². The van der Waals surface area contributed by atoms with E-state index >= 15 is 0 Å². The largest absolute Gasteiger partial charge is 0.354 e. The molecule has 1 aliphatic carbocycles. The molecule has 1 amide bonds. The summed E-state index contributed by atoms with van der Waals surface area (Å²) < 4.78 is 0. The number of hydrogen-bond acceptors (Lipinski definition) is 4. The molecule has 1 aromatic rings. The van der Waals surface area contributed by atoms with Gasteiger partial charge in [-0.15, -0.1) is 11.3 Å². The third kappa shape index (κ3) is 6.06. The zero-order valence-electron chi connectivity index (χ0n) is 14.0. The number of aliphatic imine (C=N–C) groups is 1. The zero-order valence-corrected chi connectivity index (χ0v) is 15.7. The van der Waals surface area contributed by atoms with Crippen molar-refractivity contribution in [3.8, 4) is 0 Å². The fraction of sp³-hybridized carbons (Fsp3) is 0.625. The molecule has 1 aliphatic rings. The smallest absolute Gasteiger partial charge is 0.243 e. The lowest BCUT2D eigenvalue weighted by Gasteiger charge is -2.18. The van der Waals surface area contributed by atoms with Gasteiger partial charge in [-0.05, 0) is 37.0 Å². The van der Waals surface area contributed by atoms with Gasteiger partial charge in [-0.3, -0.25) is 4.79 Å². The molecular formula is C16H26N4OS2. The van der Waals surface area contributed by atoms with E-state index < -0.39 is 0 Å². The van der Waals surface area contributed by atoms with Crippen LogP contribution in [0.5, 0.6) is 0 Å². The molecule has 128 valence electrons. The van der Waals surface area contributed by atoms with Crippen LogP contribution < -0.4 is 10.6 Å². The zero-order chi connectivity index (χ0) is 16.7. The summed E-state index contributed by atoms with van der Waals surface area (Å²) in [5.74, 6) is 0.746. The Balaban J connectivity index is 1.92. The van der Waals surface area contributed by atoms with E-state index in [0.717, 1.165) is 30.6 Å². The lowest BCUT2D eigenvalue weighted by molar-refractivity contribution is -0.127. The van der Waals surface area contributed by atoms with E-state index in [4.69, 9.17) is 0 Å². The minimum absolute atomic E-state index is 0.00985. The Morgan fingerprint density at radius 2 is 2.30 bits per heavy atom. The fourth-order valence-electron chi connectivity index (χ4n) is 2.50. The first-order valence-electron chi connectivity index (χ1n) is 7.88. The normalized spacial score (nSPS) is 21.3. The van der Waals surface area contributed by atoms with Gasteiger partial charge in [0.1, 0.15) is 6.54 Å². The molecule has 23 heavy (non-hydrogen) atoms. The van der Waals surface area contributed by atoms with Gasteiger partial charge < -0.3 is 15.5 Å². The number of carbonyl (C=O) groups is 1. The Hall–Kier alpha value is -1.21. The molecular weight excluding hydrogens is 328 g/mol. The average Bonchev–Trinajstić information content (AvgIpc) is 3.20. The molecule has 0 spiro atoms.